The molecular weight excluding hydrogens is 270 g/mol. The van der Waals surface area contributed by atoms with E-state index in [4.69, 9.17) is 0 Å². The van der Waals surface area contributed by atoms with Gasteiger partial charge in [0.15, 0.2) is 0 Å². The van der Waals surface area contributed by atoms with E-state index in [2.05, 4.69) is 48.8 Å². The van der Waals surface area contributed by atoms with Crippen molar-refractivity contribution in [2.75, 3.05) is 0 Å². The van der Waals surface area contributed by atoms with Gasteiger partial charge in [0.05, 0.1) is 11.9 Å². The summed E-state index contributed by atoms with van der Waals surface area (Å²) in [6.45, 7) is 8.57. The molecule has 3 rings (SSSR count). The number of hydrogen-bond acceptors (Lipinski definition) is 2. The smallest absolute Gasteiger partial charge is 0.0611 e. The van der Waals surface area contributed by atoms with Crippen molar-refractivity contribution in [3.8, 4) is 0 Å². The van der Waals surface area contributed by atoms with Gasteiger partial charge in [-0.05, 0) is 47.3 Å². The van der Waals surface area contributed by atoms with Crippen LogP contribution in [-0.2, 0) is 6.42 Å². The summed E-state index contributed by atoms with van der Waals surface area (Å²) in [6.07, 6.45) is 13.1. The van der Waals surface area contributed by atoms with Gasteiger partial charge < -0.3 is 0 Å². The highest BCUT2D eigenvalue weighted by atomic mass is 15.3. The number of nitrogens with zero attached hydrogens (tertiary/aromatic N) is 3. The fraction of sp³-hybridized carbons (Fsp3) is 0.263. The average Bonchev–Trinajstić information content (AvgIpc) is 3.15. The summed E-state index contributed by atoms with van der Waals surface area (Å²) in [5, 5.41) is 4.46. The minimum atomic E-state index is 0.888. The summed E-state index contributed by atoms with van der Waals surface area (Å²) in [4.78, 5) is 4.21. The Balaban J connectivity index is 1.79. The number of aryl methyl sites for hydroxylation is 1. The second-order valence-electron chi connectivity index (χ2n) is 5.74. The van der Waals surface area contributed by atoms with Crippen molar-refractivity contribution < 1.29 is 0 Å². The van der Waals surface area contributed by atoms with Gasteiger partial charge in [0.1, 0.15) is 0 Å². The van der Waals surface area contributed by atoms with Crippen molar-refractivity contribution >= 4 is 11.3 Å². The Morgan fingerprint density at radius 3 is 2.95 bits per heavy atom. The Morgan fingerprint density at radius 2 is 2.23 bits per heavy atom. The molecule has 1 aliphatic rings. The van der Waals surface area contributed by atoms with Crippen LogP contribution < -0.4 is 0 Å². The van der Waals surface area contributed by atoms with E-state index in [1.54, 1.807) is 6.20 Å². The van der Waals surface area contributed by atoms with Crippen molar-refractivity contribution in [2.45, 2.75) is 33.1 Å². The van der Waals surface area contributed by atoms with E-state index in [1.165, 1.54) is 27.8 Å². The predicted octanol–water partition coefficient (Wildman–Crippen LogP) is 4.51. The molecule has 1 aliphatic carbocycles. The Hall–Kier alpha value is -2.42. The third kappa shape index (κ3) is 2.80. The summed E-state index contributed by atoms with van der Waals surface area (Å²) in [5.74, 6) is 0. The molecule has 2 aromatic heterocycles. The number of hydrogen-bond donors (Lipinski definition) is 0. The summed E-state index contributed by atoms with van der Waals surface area (Å²) < 4.78 is 1.91. The molecule has 0 unspecified atom stereocenters. The van der Waals surface area contributed by atoms with E-state index >= 15 is 0 Å². The molecule has 0 N–H and O–H groups in total. The Bertz CT molecular complexity index is 748. The molecule has 0 bridgehead atoms. The fourth-order valence-corrected chi connectivity index (χ4v) is 2.86. The first-order chi connectivity index (χ1) is 10.7. The molecular formula is C19H21N3. The molecule has 3 nitrogen and oxygen atoms in total. The van der Waals surface area contributed by atoms with E-state index in [1.807, 2.05) is 23.1 Å². The van der Waals surface area contributed by atoms with Gasteiger partial charge in [-0.25, -0.2) is 4.68 Å². The van der Waals surface area contributed by atoms with Crippen LogP contribution in [0.1, 0.15) is 37.8 Å². The molecule has 22 heavy (non-hydrogen) atoms. The third-order valence-electron chi connectivity index (χ3n) is 4.07. The Labute approximate surface area is 131 Å². The van der Waals surface area contributed by atoms with Crippen LogP contribution in [0.15, 0.2) is 60.7 Å². The second-order valence-corrected chi connectivity index (χ2v) is 5.74. The van der Waals surface area contributed by atoms with Crippen LogP contribution in [0.25, 0.3) is 11.3 Å². The van der Waals surface area contributed by atoms with Crippen molar-refractivity contribution in [1.29, 1.82) is 0 Å². The molecule has 3 heteroatoms. The standard InChI is InChI=1S/C19H21N3/c1-4-6-16-11-21-22(13-16)15(3)19-10-18(9-14(19)2)17-7-5-8-20-12-17/h5,7-9,11-13H,3-4,6,10H2,1-2H3. The van der Waals surface area contributed by atoms with Crippen LogP contribution in [0.3, 0.4) is 0 Å². The molecule has 2 heterocycles. The van der Waals surface area contributed by atoms with Crippen molar-refractivity contribution in [3.05, 3.63) is 71.8 Å². The van der Waals surface area contributed by atoms with Crippen molar-refractivity contribution in [1.82, 2.24) is 14.8 Å². The van der Waals surface area contributed by atoms with Gasteiger partial charge >= 0.3 is 0 Å². The van der Waals surface area contributed by atoms with E-state index in [-0.39, 0.29) is 0 Å². The van der Waals surface area contributed by atoms with Crippen molar-refractivity contribution in [3.63, 3.8) is 0 Å². The molecule has 0 saturated carbocycles. The fourth-order valence-electron chi connectivity index (χ4n) is 2.86. The number of allylic oxidation sites excluding steroid dienone is 5. The quantitative estimate of drug-likeness (QED) is 0.811. The number of rotatable bonds is 5. The summed E-state index contributed by atoms with van der Waals surface area (Å²) in [6, 6.07) is 4.08. The average molecular weight is 291 g/mol. The van der Waals surface area contributed by atoms with Gasteiger partial charge in [-0.2, -0.15) is 5.10 Å². The highest BCUT2D eigenvalue weighted by Gasteiger charge is 2.18. The minimum Gasteiger partial charge on any atom is -0.264 e. The van der Waals surface area contributed by atoms with E-state index < -0.39 is 0 Å². The van der Waals surface area contributed by atoms with Crippen LogP contribution in [-0.4, -0.2) is 14.8 Å². The highest BCUT2D eigenvalue weighted by Crippen LogP contribution is 2.36. The zero-order chi connectivity index (χ0) is 15.5. The van der Waals surface area contributed by atoms with Crippen LogP contribution in [0, 0.1) is 0 Å². The largest absolute Gasteiger partial charge is 0.264 e. The van der Waals surface area contributed by atoms with Gasteiger partial charge in [-0.1, -0.05) is 32.1 Å². The molecule has 0 atom stereocenters. The lowest BCUT2D eigenvalue weighted by Gasteiger charge is -2.10. The SMILES string of the molecule is C=C(C1=C(C)C=C(c2cccnc2)C1)n1cc(CCC)cn1. The summed E-state index contributed by atoms with van der Waals surface area (Å²) in [5.41, 5.74) is 7.22. The maximum atomic E-state index is 4.46. The molecule has 0 saturated heterocycles. The molecule has 0 radical (unpaired) electrons. The van der Waals surface area contributed by atoms with Crippen LogP contribution >= 0.6 is 0 Å². The topological polar surface area (TPSA) is 30.7 Å². The normalized spacial score (nSPS) is 14.4. The molecule has 112 valence electrons. The van der Waals surface area contributed by atoms with Crippen LogP contribution in [0.5, 0.6) is 0 Å². The molecule has 2 aromatic rings. The van der Waals surface area contributed by atoms with Crippen LogP contribution in [0.4, 0.5) is 0 Å². The summed E-state index contributed by atoms with van der Waals surface area (Å²) >= 11 is 0. The first kappa shape index (κ1) is 14.5. The van der Waals surface area contributed by atoms with Crippen molar-refractivity contribution in [2.24, 2.45) is 0 Å². The monoisotopic (exact) mass is 291 g/mol. The molecule has 0 aromatic carbocycles. The van der Waals surface area contributed by atoms with Gasteiger partial charge in [0, 0.05) is 25.0 Å². The molecule has 0 amide bonds. The van der Waals surface area contributed by atoms with Crippen LogP contribution in [0.2, 0.25) is 0 Å². The first-order valence-electron chi connectivity index (χ1n) is 7.73. The number of pyridine rings is 1. The zero-order valence-corrected chi connectivity index (χ0v) is 13.2. The second kappa shape index (κ2) is 6.14. The lowest BCUT2D eigenvalue weighted by atomic mass is 10.0. The predicted molar refractivity (Wildman–Crippen MR) is 91.1 cm³/mol. The maximum Gasteiger partial charge on any atom is 0.0611 e. The Morgan fingerprint density at radius 1 is 1.36 bits per heavy atom. The van der Waals surface area contributed by atoms with Gasteiger partial charge in [-0.3, -0.25) is 4.98 Å². The lowest BCUT2D eigenvalue weighted by Crippen LogP contribution is -2.00. The third-order valence-corrected chi connectivity index (χ3v) is 4.07. The Kier molecular flexibility index (Phi) is 4.05. The molecule has 0 spiro atoms. The van der Waals surface area contributed by atoms with Gasteiger partial charge in [0.2, 0.25) is 0 Å². The van der Waals surface area contributed by atoms with Gasteiger partial charge in [0.25, 0.3) is 0 Å². The number of aromatic nitrogens is 3. The first-order valence-corrected chi connectivity index (χ1v) is 7.73. The van der Waals surface area contributed by atoms with Gasteiger partial charge in [-0.15, -0.1) is 0 Å². The minimum absolute atomic E-state index is 0.888. The molecule has 0 aliphatic heterocycles. The van der Waals surface area contributed by atoms with E-state index in [9.17, 15) is 0 Å². The highest BCUT2D eigenvalue weighted by molar-refractivity contribution is 5.81. The van der Waals surface area contributed by atoms with E-state index in [0.717, 1.165) is 25.0 Å². The zero-order valence-electron chi connectivity index (χ0n) is 13.2. The van der Waals surface area contributed by atoms with E-state index in [0.29, 0.717) is 0 Å². The summed E-state index contributed by atoms with van der Waals surface area (Å²) in [7, 11) is 0. The lowest BCUT2D eigenvalue weighted by molar-refractivity contribution is 0.892. The maximum absolute atomic E-state index is 4.46. The molecule has 0 fully saturated rings.